The van der Waals surface area contributed by atoms with Crippen LogP contribution in [0.2, 0.25) is 5.02 Å². The second-order valence-electron chi connectivity index (χ2n) is 5.04. The van der Waals surface area contributed by atoms with Crippen LogP contribution in [0, 0.1) is 0 Å². The number of aromatic amines is 1. The molecule has 0 saturated carbocycles. The highest BCUT2D eigenvalue weighted by atomic mass is 35.5. The van der Waals surface area contributed by atoms with E-state index in [0.29, 0.717) is 23.4 Å². The zero-order chi connectivity index (χ0) is 14.1. The summed E-state index contributed by atoms with van der Waals surface area (Å²) in [7, 11) is 0. The first-order valence-electron chi connectivity index (χ1n) is 6.47. The Bertz CT molecular complexity index is 717. The average molecular weight is 291 g/mol. The molecular weight excluding hydrogens is 276 g/mol. The second kappa shape index (κ2) is 5.21. The molecule has 0 radical (unpaired) electrons. The van der Waals surface area contributed by atoms with Crippen LogP contribution in [0.4, 0.5) is 0 Å². The molecule has 0 atom stereocenters. The van der Waals surface area contributed by atoms with Gasteiger partial charge < -0.3 is 14.2 Å². The lowest BCUT2D eigenvalue weighted by Gasteiger charge is -2.05. The minimum atomic E-state index is 0.358. The number of nitrogens with zero attached hydrogens (tertiary/aromatic N) is 1. The first-order valence-corrected chi connectivity index (χ1v) is 6.85. The molecule has 104 valence electrons. The number of ether oxygens (including phenoxy) is 1. The molecule has 5 heteroatoms. The number of H-pyrrole nitrogens is 1. The number of benzene rings is 1. The fraction of sp³-hybridized carbons (Fsp3) is 0.267. The number of aromatic nitrogens is 2. The summed E-state index contributed by atoms with van der Waals surface area (Å²) in [5, 5.41) is 5.51. The third-order valence-corrected chi connectivity index (χ3v) is 3.57. The van der Waals surface area contributed by atoms with E-state index in [-0.39, 0.29) is 0 Å². The molecule has 1 N–H and O–H groups in total. The normalized spacial score (nSPS) is 11.4. The van der Waals surface area contributed by atoms with Gasteiger partial charge in [0.25, 0.3) is 5.88 Å². The predicted octanol–water partition coefficient (Wildman–Crippen LogP) is 4.51. The largest absolute Gasteiger partial charge is 0.471 e. The van der Waals surface area contributed by atoms with E-state index in [1.54, 1.807) is 6.07 Å². The molecule has 0 amide bonds. The summed E-state index contributed by atoms with van der Waals surface area (Å²) in [6, 6.07) is 7.77. The zero-order valence-electron chi connectivity index (χ0n) is 11.3. The van der Waals surface area contributed by atoms with Crippen molar-refractivity contribution < 1.29 is 9.26 Å². The van der Waals surface area contributed by atoms with Crippen LogP contribution in [0.15, 0.2) is 35.1 Å². The molecule has 0 aliphatic rings. The molecule has 20 heavy (non-hydrogen) atoms. The highest BCUT2D eigenvalue weighted by Crippen LogP contribution is 2.27. The molecule has 0 bridgehead atoms. The maximum atomic E-state index is 6.29. The number of nitrogens with one attached hydrogen (secondary N) is 1. The van der Waals surface area contributed by atoms with Gasteiger partial charge in [0.15, 0.2) is 0 Å². The average Bonchev–Trinajstić information content (AvgIpc) is 3.04. The van der Waals surface area contributed by atoms with Gasteiger partial charge in [0, 0.05) is 33.2 Å². The molecule has 0 aliphatic heterocycles. The summed E-state index contributed by atoms with van der Waals surface area (Å²) in [5.74, 6) is 0.909. The Hall–Kier alpha value is -1.94. The number of hydrogen-bond donors (Lipinski definition) is 1. The van der Waals surface area contributed by atoms with Crippen LogP contribution in [0.3, 0.4) is 0 Å². The van der Waals surface area contributed by atoms with E-state index in [0.717, 1.165) is 16.5 Å². The molecule has 1 aromatic carbocycles. The molecule has 0 fully saturated rings. The third-order valence-electron chi connectivity index (χ3n) is 3.22. The summed E-state index contributed by atoms with van der Waals surface area (Å²) in [6.07, 6.45) is 1.47. The van der Waals surface area contributed by atoms with Gasteiger partial charge in [0.1, 0.15) is 12.9 Å². The Kier molecular flexibility index (Phi) is 3.40. The molecule has 0 spiro atoms. The summed E-state index contributed by atoms with van der Waals surface area (Å²) in [4.78, 5) is 3.41. The Balaban J connectivity index is 1.88. The molecule has 0 aliphatic carbocycles. The van der Waals surface area contributed by atoms with Gasteiger partial charge in [0.05, 0.1) is 0 Å². The van der Waals surface area contributed by atoms with Crippen LogP contribution in [-0.4, -0.2) is 10.1 Å². The van der Waals surface area contributed by atoms with Gasteiger partial charge >= 0.3 is 0 Å². The van der Waals surface area contributed by atoms with Crippen molar-refractivity contribution >= 4 is 22.5 Å². The van der Waals surface area contributed by atoms with Crippen LogP contribution in [0.1, 0.15) is 31.0 Å². The monoisotopic (exact) mass is 290 g/mol. The van der Waals surface area contributed by atoms with Gasteiger partial charge in [-0.3, -0.25) is 0 Å². The lowest BCUT2D eigenvalue weighted by Crippen LogP contribution is -1.96. The Morgan fingerprint density at radius 3 is 2.90 bits per heavy atom. The Morgan fingerprint density at radius 1 is 1.35 bits per heavy atom. The first kappa shape index (κ1) is 13.1. The number of halogens is 1. The van der Waals surface area contributed by atoms with Crippen molar-refractivity contribution in [2.45, 2.75) is 26.4 Å². The van der Waals surface area contributed by atoms with E-state index in [9.17, 15) is 0 Å². The second-order valence-corrected chi connectivity index (χ2v) is 5.44. The highest BCUT2D eigenvalue weighted by Gasteiger charge is 2.09. The van der Waals surface area contributed by atoms with Crippen LogP contribution in [-0.2, 0) is 6.61 Å². The van der Waals surface area contributed by atoms with E-state index in [1.807, 2.05) is 12.1 Å². The highest BCUT2D eigenvalue weighted by molar-refractivity contribution is 6.32. The summed E-state index contributed by atoms with van der Waals surface area (Å²) in [6.45, 7) is 4.67. The SMILES string of the molecule is CC(C)c1cc2cc(Cl)c(COc3ccon3)cc2[nH]1. The van der Waals surface area contributed by atoms with Gasteiger partial charge in [0.2, 0.25) is 0 Å². The van der Waals surface area contributed by atoms with E-state index >= 15 is 0 Å². The van der Waals surface area contributed by atoms with E-state index in [2.05, 4.69) is 30.1 Å². The minimum absolute atomic E-state index is 0.358. The van der Waals surface area contributed by atoms with E-state index < -0.39 is 0 Å². The minimum Gasteiger partial charge on any atom is -0.471 e. The lowest BCUT2D eigenvalue weighted by atomic mass is 10.1. The van der Waals surface area contributed by atoms with Gasteiger partial charge in [-0.05, 0) is 29.3 Å². The van der Waals surface area contributed by atoms with Crippen molar-refractivity contribution in [3.05, 3.63) is 46.8 Å². The maximum absolute atomic E-state index is 6.29. The van der Waals surface area contributed by atoms with Crippen LogP contribution < -0.4 is 4.74 Å². The Labute approximate surface area is 121 Å². The van der Waals surface area contributed by atoms with Gasteiger partial charge in [-0.1, -0.05) is 25.4 Å². The molecule has 4 nitrogen and oxygen atoms in total. The van der Waals surface area contributed by atoms with Crippen LogP contribution in [0.25, 0.3) is 10.9 Å². The van der Waals surface area contributed by atoms with Crippen molar-refractivity contribution in [3.8, 4) is 5.88 Å². The molecule has 3 aromatic rings. The lowest BCUT2D eigenvalue weighted by molar-refractivity contribution is 0.269. The van der Waals surface area contributed by atoms with Crippen LogP contribution in [0.5, 0.6) is 5.88 Å². The summed E-state index contributed by atoms with van der Waals surface area (Å²) in [5.41, 5.74) is 3.18. The van der Waals surface area contributed by atoms with E-state index in [4.69, 9.17) is 20.9 Å². The van der Waals surface area contributed by atoms with Gasteiger partial charge in [-0.15, -0.1) is 0 Å². The van der Waals surface area contributed by atoms with Crippen molar-refractivity contribution in [3.63, 3.8) is 0 Å². The number of rotatable bonds is 4. The van der Waals surface area contributed by atoms with Crippen molar-refractivity contribution in [2.24, 2.45) is 0 Å². The fourth-order valence-electron chi connectivity index (χ4n) is 2.07. The number of hydrogen-bond acceptors (Lipinski definition) is 3. The fourth-order valence-corrected chi connectivity index (χ4v) is 2.30. The molecule has 2 aromatic heterocycles. The van der Waals surface area contributed by atoms with Crippen molar-refractivity contribution in [2.75, 3.05) is 0 Å². The topological polar surface area (TPSA) is 51.1 Å². The quantitative estimate of drug-likeness (QED) is 0.769. The molecule has 2 heterocycles. The summed E-state index contributed by atoms with van der Waals surface area (Å²) >= 11 is 6.29. The van der Waals surface area contributed by atoms with E-state index in [1.165, 1.54) is 12.0 Å². The van der Waals surface area contributed by atoms with Crippen molar-refractivity contribution in [1.82, 2.24) is 10.1 Å². The summed E-state index contributed by atoms with van der Waals surface area (Å²) < 4.78 is 10.2. The standard InChI is InChI=1S/C15H15ClN2O2/c1-9(2)13-6-10-5-12(16)11(7-14(10)17-13)8-19-15-3-4-20-18-15/h3-7,9,17H,8H2,1-2H3. The predicted molar refractivity (Wildman–Crippen MR) is 78.2 cm³/mol. The number of fused-ring (bicyclic) bond motifs is 1. The molecule has 3 rings (SSSR count). The molecule has 0 unspecified atom stereocenters. The van der Waals surface area contributed by atoms with Gasteiger partial charge in [-0.2, -0.15) is 0 Å². The van der Waals surface area contributed by atoms with Crippen LogP contribution >= 0.6 is 11.6 Å². The molecule has 0 saturated heterocycles. The zero-order valence-corrected chi connectivity index (χ0v) is 12.1. The van der Waals surface area contributed by atoms with Gasteiger partial charge in [-0.25, -0.2) is 0 Å². The first-order chi connectivity index (χ1) is 9.63. The third kappa shape index (κ3) is 2.51. The van der Waals surface area contributed by atoms with Crippen molar-refractivity contribution in [1.29, 1.82) is 0 Å². The smallest absolute Gasteiger partial charge is 0.254 e. The Morgan fingerprint density at radius 2 is 2.20 bits per heavy atom. The molecular formula is C15H15ClN2O2. The maximum Gasteiger partial charge on any atom is 0.254 e.